The lowest BCUT2D eigenvalue weighted by molar-refractivity contribution is -0.149. The Balaban J connectivity index is 0.000000370. The zero-order chi connectivity index (χ0) is 48.6. The number of alkyl halides is 1. The molecule has 0 radical (unpaired) electrons. The van der Waals surface area contributed by atoms with E-state index in [-0.39, 0.29) is 29.7 Å². The maximum Gasteiger partial charge on any atom is 0.351 e. The van der Waals surface area contributed by atoms with Gasteiger partial charge in [-0.3, -0.25) is 14.4 Å². The first-order chi connectivity index (χ1) is 31.0. The summed E-state index contributed by atoms with van der Waals surface area (Å²) in [4.78, 5) is 47.7. The van der Waals surface area contributed by atoms with Gasteiger partial charge in [-0.15, -0.1) is 0 Å². The van der Waals surface area contributed by atoms with E-state index in [0.29, 0.717) is 35.5 Å². The molecule has 0 aliphatic rings. The van der Waals surface area contributed by atoms with Crippen molar-refractivity contribution in [1.82, 2.24) is 0 Å². The summed E-state index contributed by atoms with van der Waals surface area (Å²) >= 11 is 3.27. The molecule has 0 saturated carbocycles. The van der Waals surface area contributed by atoms with E-state index >= 15 is 0 Å². The van der Waals surface area contributed by atoms with Gasteiger partial charge in [0.1, 0.15) is 27.8 Å². The quantitative estimate of drug-likeness (QED) is 0.0461. The van der Waals surface area contributed by atoms with Gasteiger partial charge < -0.3 is 28.8 Å². The van der Waals surface area contributed by atoms with Crippen LogP contribution in [0.4, 0.5) is 0 Å². The molecule has 0 aliphatic heterocycles. The number of halogens is 1. The van der Waals surface area contributed by atoms with Crippen molar-refractivity contribution in [1.29, 1.82) is 0 Å². The molecule has 0 saturated heterocycles. The Hall–Kier alpha value is -5.16. The molecule has 0 fully saturated rings. The molecule has 4 aromatic rings. The number of carbonyl (C=O) groups excluding carboxylic acids is 4. The minimum Gasteiger partial charge on any atom is -0.507 e. The summed E-state index contributed by atoms with van der Waals surface area (Å²) in [5.74, 6) is 2.08. The standard InChI is InChI=1S/C27H36O5.C15H22O2.C12H15BrO3/c1-7-10-20-16-22(24(28)9-3)17-21(11-8-2)25(20)32-26(27(29)30-6)19-12-14-23(15-13-19)31-18(4)5;1-4-7-11-9-13(14(16)6-3)10-12(8-5-2)15(11)17;1-8(2)16-10-6-4-9(5-7-10)11(13)12(14)15-3/h12-18,26H,7-11H2,1-6H3;9-10,17H,4-8H2,1-3H3;4-8,11H,1-3H3. The molecule has 0 spiro atoms. The summed E-state index contributed by atoms with van der Waals surface area (Å²) in [7, 11) is 2.73. The predicted molar refractivity (Wildman–Crippen MR) is 263 cm³/mol. The Morgan fingerprint density at radius 2 is 0.877 bits per heavy atom. The van der Waals surface area contributed by atoms with E-state index in [9.17, 15) is 24.3 Å². The van der Waals surface area contributed by atoms with Crippen molar-refractivity contribution in [3.63, 3.8) is 0 Å². The molecule has 11 heteroatoms. The fourth-order valence-corrected chi connectivity index (χ4v) is 7.42. The maximum atomic E-state index is 12.7. The lowest BCUT2D eigenvalue weighted by Crippen LogP contribution is -2.21. The van der Waals surface area contributed by atoms with Gasteiger partial charge >= 0.3 is 11.9 Å². The molecule has 0 heterocycles. The summed E-state index contributed by atoms with van der Waals surface area (Å²) in [5, 5.41) is 10.1. The Labute approximate surface area is 396 Å². The maximum absolute atomic E-state index is 12.7. The molecule has 4 rings (SSSR count). The smallest absolute Gasteiger partial charge is 0.351 e. The van der Waals surface area contributed by atoms with Crippen LogP contribution in [0.5, 0.6) is 23.0 Å². The number of hydrogen-bond donors (Lipinski definition) is 1. The molecular weight excluding hydrogens is 888 g/mol. The number of phenols is 1. The van der Waals surface area contributed by atoms with Gasteiger partial charge in [0, 0.05) is 29.5 Å². The number of hydrogen-bond acceptors (Lipinski definition) is 10. The average Bonchev–Trinajstić information content (AvgIpc) is 3.29. The number of Topliss-reactive ketones (excluding diaryl/α,β-unsaturated/α-hetero) is 2. The highest BCUT2D eigenvalue weighted by Crippen LogP contribution is 2.35. The van der Waals surface area contributed by atoms with Crippen molar-refractivity contribution in [2.45, 2.75) is 157 Å². The number of benzene rings is 4. The highest BCUT2D eigenvalue weighted by Gasteiger charge is 2.27. The third-order valence-electron chi connectivity index (χ3n) is 10.0. The van der Waals surface area contributed by atoms with Crippen LogP contribution in [0.2, 0.25) is 0 Å². The molecule has 0 amide bonds. The van der Waals surface area contributed by atoms with Crippen LogP contribution in [0.3, 0.4) is 0 Å². The van der Waals surface area contributed by atoms with E-state index in [1.54, 1.807) is 0 Å². The molecule has 356 valence electrons. The van der Waals surface area contributed by atoms with Gasteiger partial charge in [-0.25, -0.2) is 4.79 Å². The highest BCUT2D eigenvalue weighted by molar-refractivity contribution is 9.09. The SMILES string of the molecule is CCCc1cc(C(=O)CC)cc(CCC)c1O.CCCc1cc(C(=O)CC)cc(CCC)c1OC(C(=O)OC)c1ccc(OC(C)C)cc1.COC(=O)C(Br)c1ccc(OC(C)C)cc1. The Morgan fingerprint density at radius 3 is 1.22 bits per heavy atom. The Kier molecular flexibility index (Phi) is 25.3. The van der Waals surface area contributed by atoms with Crippen molar-refractivity contribution in [3.8, 4) is 23.0 Å². The molecule has 2 unspecified atom stereocenters. The Morgan fingerprint density at radius 1 is 0.523 bits per heavy atom. The molecule has 0 aliphatic carbocycles. The van der Waals surface area contributed by atoms with Crippen molar-refractivity contribution in [3.05, 3.63) is 117 Å². The van der Waals surface area contributed by atoms with Crippen LogP contribution >= 0.6 is 15.9 Å². The van der Waals surface area contributed by atoms with Gasteiger partial charge in [0.15, 0.2) is 11.6 Å². The molecule has 10 nitrogen and oxygen atoms in total. The average molecular weight is 962 g/mol. The number of rotatable bonds is 22. The zero-order valence-corrected chi connectivity index (χ0v) is 42.4. The number of ketones is 2. The molecule has 4 aromatic carbocycles. The van der Waals surface area contributed by atoms with E-state index in [2.05, 4.69) is 48.4 Å². The van der Waals surface area contributed by atoms with E-state index in [1.807, 2.05) is 114 Å². The molecule has 0 aromatic heterocycles. The van der Waals surface area contributed by atoms with E-state index in [1.165, 1.54) is 14.2 Å². The van der Waals surface area contributed by atoms with Crippen LogP contribution in [0, 0.1) is 0 Å². The van der Waals surface area contributed by atoms with Gasteiger partial charge in [-0.05, 0) is 130 Å². The summed E-state index contributed by atoms with van der Waals surface area (Å²) in [6.07, 6.45) is 7.18. The molecule has 2 atom stereocenters. The highest BCUT2D eigenvalue weighted by atomic mass is 79.9. The lowest BCUT2D eigenvalue weighted by atomic mass is 9.95. The first-order valence-electron chi connectivity index (χ1n) is 23.1. The van der Waals surface area contributed by atoms with E-state index < -0.39 is 16.9 Å². The fourth-order valence-electron chi connectivity index (χ4n) is 6.92. The van der Waals surface area contributed by atoms with Crippen LogP contribution in [-0.4, -0.2) is 55.0 Å². The van der Waals surface area contributed by atoms with Crippen LogP contribution < -0.4 is 14.2 Å². The third kappa shape index (κ3) is 18.0. The van der Waals surface area contributed by atoms with Gasteiger partial charge in [-0.1, -0.05) is 107 Å². The fraction of sp³-hybridized carbons (Fsp3) is 0.481. The minimum atomic E-state index is -0.910. The largest absolute Gasteiger partial charge is 0.507 e. The van der Waals surface area contributed by atoms with Gasteiger partial charge in [-0.2, -0.15) is 0 Å². The lowest BCUT2D eigenvalue weighted by Gasteiger charge is -2.23. The first kappa shape index (κ1) is 56.0. The predicted octanol–water partition coefficient (Wildman–Crippen LogP) is 13.2. The van der Waals surface area contributed by atoms with Crippen molar-refractivity contribution in [2.24, 2.45) is 0 Å². The van der Waals surface area contributed by atoms with Gasteiger partial charge in [0.25, 0.3) is 0 Å². The minimum absolute atomic E-state index is 0.0612. The zero-order valence-electron chi connectivity index (χ0n) is 40.8. The van der Waals surface area contributed by atoms with Crippen molar-refractivity contribution in [2.75, 3.05) is 14.2 Å². The molecule has 65 heavy (non-hydrogen) atoms. The summed E-state index contributed by atoms with van der Waals surface area (Å²) in [6, 6.07) is 22.2. The summed E-state index contributed by atoms with van der Waals surface area (Å²) < 4.78 is 27.3. The second-order valence-electron chi connectivity index (χ2n) is 16.2. The topological polar surface area (TPSA) is 135 Å². The number of esters is 2. The van der Waals surface area contributed by atoms with Crippen molar-refractivity contribution < 1.29 is 48.0 Å². The number of aromatic hydroxyl groups is 1. The number of phenolic OH excluding ortho intramolecular Hbond substituents is 1. The summed E-state index contributed by atoms with van der Waals surface area (Å²) in [5.41, 5.74) is 6.71. The number of aryl methyl sites for hydroxylation is 4. The van der Waals surface area contributed by atoms with Gasteiger partial charge in [0.05, 0.1) is 26.4 Å². The van der Waals surface area contributed by atoms with Gasteiger partial charge in [0.2, 0.25) is 6.10 Å². The second-order valence-corrected chi connectivity index (χ2v) is 17.1. The van der Waals surface area contributed by atoms with Crippen LogP contribution in [-0.2, 0) is 44.7 Å². The third-order valence-corrected chi connectivity index (χ3v) is 10.9. The first-order valence-corrected chi connectivity index (χ1v) is 24.0. The van der Waals surface area contributed by atoms with Crippen LogP contribution in [0.15, 0.2) is 72.8 Å². The number of carbonyl (C=O) groups is 4. The Bertz CT molecular complexity index is 2040. The monoisotopic (exact) mass is 960 g/mol. The molecule has 0 bridgehead atoms. The van der Waals surface area contributed by atoms with Crippen molar-refractivity contribution >= 4 is 39.4 Å². The summed E-state index contributed by atoms with van der Waals surface area (Å²) in [6.45, 7) is 19.9. The number of methoxy groups -OCH3 is 2. The van der Waals surface area contributed by atoms with Crippen LogP contribution in [0.25, 0.3) is 0 Å². The van der Waals surface area contributed by atoms with E-state index in [4.69, 9.17) is 18.9 Å². The molecular formula is C54H73BrO10. The van der Waals surface area contributed by atoms with E-state index in [0.717, 1.165) is 96.2 Å². The van der Waals surface area contributed by atoms with Crippen LogP contribution in [0.1, 0.15) is 173 Å². The number of ether oxygens (including phenoxy) is 5. The molecule has 1 N–H and O–H groups in total. The second kappa shape index (κ2) is 29.4. The normalized spacial score (nSPS) is 11.6.